The van der Waals surface area contributed by atoms with Crippen LogP contribution in [0.15, 0.2) is 0 Å². The number of carbonyl (C=O) groups excluding carboxylic acids is 1. The van der Waals surface area contributed by atoms with Crippen molar-refractivity contribution < 1.29 is 19.4 Å². The minimum Gasteiger partial charge on any atom is -0.481 e. The van der Waals surface area contributed by atoms with Gasteiger partial charge in [-0.3, -0.25) is 4.79 Å². The molecule has 1 heterocycles. The molecule has 0 spiro atoms. The number of carboxylic acids is 1. The van der Waals surface area contributed by atoms with E-state index < -0.39 is 5.97 Å². The number of hydrogen-bond acceptors (Lipinski definition) is 3. The number of nitrogens with zero attached hydrogens (tertiary/aromatic N) is 1. The fourth-order valence-electron chi connectivity index (χ4n) is 2.31. The first-order chi connectivity index (χ1) is 9.35. The molecule has 1 aliphatic rings. The molecule has 3 atom stereocenters. The molecule has 0 aromatic heterocycles. The molecule has 1 rings (SSSR count). The Morgan fingerprint density at radius 1 is 1.45 bits per heavy atom. The van der Waals surface area contributed by atoms with Crippen molar-refractivity contribution in [2.75, 3.05) is 13.2 Å². The van der Waals surface area contributed by atoms with Gasteiger partial charge in [-0.05, 0) is 19.3 Å². The maximum Gasteiger partial charge on any atom is 0.318 e. The summed E-state index contributed by atoms with van der Waals surface area (Å²) in [6.45, 7) is 8.85. The van der Waals surface area contributed by atoms with Crippen LogP contribution in [-0.2, 0) is 9.53 Å². The van der Waals surface area contributed by atoms with Gasteiger partial charge >= 0.3 is 12.0 Å². The number of ether oxygens (including phenoxy) is 1. The Hall–Kier alpha value is -1.30. The highest BCUT2D eigenvalue weighted by Crippen LogP contribution is 2.16. The van der Waals surface area contributed by atoms with Gasteiger partial charge in [-0.2, -0.15) is 0 Å². The summed E-state index contributed by atoms with van der Waals surface area (Å²) in [5.41, 5.74) is 0. The smallest absolute Gasteiger partial charge is 0.318 e. The summed E-state index contributed by atoms with van der Waals surface area (Å²) < 4.78 is 5.56. The van der Waals surface area contributed by atoms with E-state index in [1.807, 2.05) is 27.7 Å². The van der Waals surface area contributed by atoms with Gasteiger partial charge < -0.3 is 20.1 Å². The summed E-state index contributed by atoms with van der Waals surface area (Å²) in [5.74, 6) is -0.819. The van der Waals surface area contributed by atoms with E-state index in [1.165, 1.54) is 0 Å². The van der Waals surface area contributed by atoms with Crippen molar-refractivity contribution >= 4 is 12.0 Å². The van der Waals surface area contributed by atoms with Crippen molar-refractivity contribution in [3.8, 4) is 0 Å². The lowest BCUT2D eigenvalue weighted by atomic mass is 10.0. The molecular weight excluding hydrogens is 260 g/mol. The van der Waals surface area contributed by atoms with Gasteiger partial charge in [0.2, 0.25) is 0 Å². The number of urea groups is 1. The molecule has 0 radical (unpaired) electrons. The van der Waals surface area contributed by atoms with Crippen LogP contribution >= 0.6 is 0 Å². The van der Waals surface area contributed by atoms with Crippen LogP contribution in [0.4, 0.5) is 4.79 Å². The predicted molar refractivity (Wildman–Crippen MR) is 75.6 cm³/mol. The minimum atomic E-state index is -0.897. The SMILES string of the molecule is CCC1COC(C)CN1C(=O)NC(CC(=O)O)C(C)C. The third-order valence-electron chi connectivity index (χ3n) is 3.71. The molecule has 0 aliphatic carbocycles. The van der Waals surface area contributed by atoms with Crippen LogP contribution < -0.4 is 5.32 Å². The van der Waals surface area contributed by atoms with Crippen LogP contribution in [0.1, 0.15) is 40.5 Å². The van der Waals surface area contributed by atoms with Gasteiger partial charge in [0.25, 0.3) is 0 Å². The summed E-state index contributed by atoms with van der Waals surface area (Å²) >= 11 is 0. The van der Waals surface area contributed by atoms with Crippen LogP contribution in [0, 0.1) is 5.92 Å². The molecule has 0 aromatic rings. The van der Waals surface area contributed by atoms with E-state index >= 15 is 0 Å². The van der Waals surface area contributed by atoms with Gasteiger partial charge in [-0.1, -0.05) is 20.8 Å². The molecule has 6 nitrogen and oxygen atoms in total. The zero-order valence-electron chi connectivity index (χ0n) is 12.8. The van der Waals surface area contributed by atoms with E-state index in [4.69, 9.17) is 9.84 Å². The fourth-order valence-corrected chi connectivity index (χ4v) is 2.31. The largest absolute Gasteiger partial charge is 0.481 e. The molecule has 2 amide bonds. The summed E-state index contributed by atoms with van der Waals surface area (Å²) in [7, 11) is 0. The van der Waals surface area contributed by atoms with Crippen molar-refractivity contribution in [3.63, 3.8) is 0 Å². The Balaban J connectivity index is 2.68. The maximum atomic E-state index is 12.4. The number of amides is 2. The van der Waals surface area contributed by atoms with Gasteiger partial charge in [0.1, 0.15) is 0 Å². The van der Waals surface area contributed by atoms with E-state index in [2.05, 4.69) is 5.32 Å². The first kappa shape index (κ1) is 16.8. The fraction of sp³-hybridized carbons (Fsp3) is 0.857. The zero-order chi connectivity index (χ0) is 15.3. The number of morpholine rings is 1. The number of hydrogen-bond donors (Lipinski definition) is 2. The van der Waals surface area contributed by atoms with Gasteiger partial charge in [-0.25, -0.2) is 4.79 Å². The summed E-state index contributed by atoms with van der Waals surface area (Å²) in [6, 6.07) is -0.480. The number of carbonyl (C=O) groups is 2. The molecular formula is C14H26N2O4. The standard InChI is InChI=1S/C14H26N2O4/c1-5-11-8-20-10(4)7-16(11)14(19)15-12(9(2)3)6-13(17)18/h9-12H,5-8H2,1-4H3,(H,15,19)(H,17,18). The van der Waals surface area contributed by atoms with Crippen LogP contribution in [0.2, 0.25) is 0 Å². The normalized spacial score (nSPS) is 24.6. The van der Waals surface area contributed by atoms with E-state index in [0.29, 0.717) is 13.2 Å². The monoisotopic (exact) mass is 286 g/mol. The van der Waals surface area contributed by atoms with E-state index in [0.717, 1.165) is 6.42 Å². The molecule has 1 aliphatic heterocycles. The number of carboxylic acid groups (broad SMARTS) is 1. The molecule has 1 saturated heterocycles. The van der Waals surface area contributed by atoms with Crippen LogP contribution in [-0.4, -0.2) is 53.3 Å². The van der Waals surface area contributed by atoms with Gasteiger partial charge in [0, 0.05) is 12.6 Å². The Labute approximate surface area is 120 Å². The second-order valence-electron chi connectivity index (χ2n) is 5.76. The minimum absolute atomic E-state index is 0.0144. The van der Waals surface area contributed by atoms with Crippen LogP contribution in [0.5, 0.6) is 0 Å². The highest BCUT2D eigenvalue weighted by molar-refractivity contribution is 5.76. The maximum absolute atomic E-state index is 12.4. The van der Waals surface area contributed by atoms with Crippen LogP contribution in [0.25, 0.3) is 0 Å². The Morgan fingerprint density at radius 3 is 2.60 bits per heavy atom. The first-order valence-corrected chi connectivity index (χ1v) is 7.25. The molecule has 0 bridgehead atoms. The van der Waals surface area contributed by atoms with Gasteiger partial charge in [0.05, 0.1) is 25.2 Å². The Morgan fingerprint density at radius 2 is 2.10 bits per heavy atom. The Bertz CT molecular complexity index is 346. The molecule has 2 N–H and O–H groups in total. The predicted octanol–water partition coefficient (Wildman–Crippen LogP) is 1.69. The Kier molecular flexibility index (Phi) is 6.26. The van der Waals surface area contributed by atoms with E-state index in [-0.39, 0.29) is 36.6 Å². The second kappa shape index (κ2) is 7.47. The van der Waals surface area contributed by atoms with Gasteiger partial charge in [0.15, 0.2) is 0 Å². The molecule has 1 fully saturated rings. The highest BCUT2D eigenvalue weighted by Gasteiger charge is 2.31. The first-order valence-electron chi connectivity index (χ1n) is 7.25. The molecule has 116 valence electrons. The number of aliphatic carboxylic acids is 1. The summed E-state index contributed by atoms with van der Waals surface area (Å²) in [5, 5.41) is 11.8. The van der Waals surface area contributed by atoms with Crippen LogP contribution in [0.3, 0.4) is 0 Å². The molecule has 0 aromatic carbocycles. The van der Waals surface area contributed by atoms with E-state index in [1.54, 1.807) is 4.90 Å². The number of rotatable bonds is 5. The van der Waals surface area contributed by atoms with E-state index in [9.17, 15) is 9.59 Å². The molecule has 20 heavy (non-hydrogen) atoms. The third kappa shape index (κ3) is 4.67. The lowest BCUT2D eigenvalue weighted by Gasteiger charge is -2.39. The zero-order valence-corrected chi connectivity index (χ0v) is 12.8. The molecule has 0 saturated carbocycles. The number of nitrogens with one attached hydrogen (secondary N) is 1. The topological polar surface area (TPSA) is 78.9 Å². The van der Waals surface area contributed by atoms with Crippen molar-refractivity contribution in [3.05, 3.63) is 0 Å². The van der Waals surface area contributed by atoms with Gasteiger partial charge in [-0.15, -0.1) is 0 Å². The highest BCUT2D eigenvalue weighted by atomic mass is 16.5. The average molecular weight is 286 g/mol. The molecule has 3 unspecified atom stereocenters. The average Bonchev–Trinajstić information content (AvgIpc) is 2.37. The van der Waals surface area contributed by atoms with Crippen molar-refractivity contribution in [2.24, 2.45) is 5.92 Å². The molecule has 6 heteroatoms. The lowest BCUT2D eigenvalue weighted by molar-refractivity contribution is -0.137. The summed E-state index contributed by atoms with van der Waals surface area (Å²) in [4.78, 5) is 25.0. The van der Waals surface area contributed by atoms with Crippen molar-refractivity contribution in [1.82, 2.24) is 10.2 Å². The third-order valence-corrected chi connectivity index (χ3v) is 3.71. The second-order valence-corrected chi connectivity index (χ2v) is 5.76. The van der Waals surface area contributed by atoms with Crippen molar-refractivity contribution in [2.45, 2.75) is 58.7 Å². The summed E-state index contributed by atoms with van der Waals surface area (Å²) in [6.07, 6.45) is 0.784. The van der Waals surface area contributed by atoms with Crippen molar-refractivity contribution in [1.29, 1.82) is 0 Å². The lowest BCUT2D eigenvalue weighted by Crippen LogP contribution is -2.56. The quantitative estimate of drug-likeness (QED) is 0.806.